The van der Waals surface area contributed by atoms with Crippen LogP contribution in [0.3, 0.4) is 0 Å². The maximum absolute atomic E-state index is 12.0. The average Bonchev–Trinajstić information content (AvgIpc) is 2.28. The van der Waals surface area contributed by atoms with Crippen LogP contribution in [0.5, 0.6) is 0 Å². The van der Waals surface area contributed by atoms with Crippen LogP contribution in [0.4, 0.5) is 0 Å². The van der Waals surface area contributed by atoms with Gasteiger partial charge in [-0.2, -0.15) is 0 Å². The van der Waals surface area contributed by atoms with Crippen molar-refractivity contribution in [1.82, 2.24) is 9.62 Å². The number of rotatable bonds is 5. The zero-order valence-electron chi connectivity index (χ0n) is 12.4. The summed E-state index contributed by atoms with van der Waals surface area (Å²) >= 11 is 0. The Morgan fingerprint density at radius 2 is 1.90 bits per heavy atom. The third kappa shape index (κ3) is 5.55. The van der Waals surface area contributed by atoms with Crippen molar-refractivity contribution in [2.75, 3.05) is 19.3 Å². The molecule has 0 aliphatic carbocycles. The summed E-state index contributed by atoms with van der Waals surface area (Å²) in [7, 11) is -3.12. The molecule has 0 aromatic heterocycles. The normalized spacial score (nSPS) is 20.8. The number of halogens is 1. The Hall–Kier alpha value is -0.370. The lowest BCUT2D eigenvalue weighted by atomic mass is 9.95. The Morgan fingerprint density at radius 1 is 1.40 bits per heavy atom. The van der Waals surface area contributed by atoms with Crippen LogP contribution in [0.15, 0.2) is 0 Å². The SMILES string of the molecule is CCCC(C)(N)C(=O)NC1CCN(S(C)(=O)=O)CC1.Cl. The minimum absolute atomic E-state index is 0. The van der Waals surface area contributed by atoms with Gasteiger partial charge in [-0.05, 0) is 26.2 Å². The Kier molecular flexibility index (Phi) is 7.44. The minimum atomic E-state index is -3.12. The molecular weight excluding hydrogens is 302 g/mol. The second-order valence-corrected chi connectivity index (χ2v) is 7.56. The second kappa shape index (κ2) is 7.59. The van der Waals surface area contributed by atoms with Crippen LogP contribution >= 0.6 is 12.4 Å². The Bertz CT molecular complexity index is 418. The first-order chi connectivity index (χ1) is 8.66. The van der Waals surface area contributed by atoms with E-state index in [1.54, 1.807) is 6.92 Å². The largest absolute Gasteiger partial charge is 0.352 e. The highest BCUT2D eigenvalue weighted by Gasteiger charge is 2.31. The Labute approximate surface area is 127 Å². The van der Waals surface area contributed by atoms with Crippen molar-refractivity contribution in [3.05, 3.63) is 0 Å². The zero-order valence-corrected chi connectivity index (χ0v) is 14.0. The van der Waals surface area contributed by atoms with Crippen LogP contribution < -0.4 is 11.1 Å². The molecular formula is C12H26ClN3O3S. The third-order valence-corrected chi connectivity index (χ3v) is 4.85. The summed E-state index contributed by atoms with van der Waals surface area (Å²) in [6.45, 7) is 4.64. The molecule has 20 heavy (non-hydrogen) atoms. The molecule has 1 fully saturated rings. The number of hydrogen-bond acceptors (Lipinski definition) is 4. The van der Waals surface area contributed by atoms with Crippen molar-refractivity contribution in [3.8, 4) is 0 Å². The molecule has 1 aliphatic heterocycles. The lowest BCUT2D eigenvalue weighted by Crippen LogP contribution is -2.56. The van der Waals surface area contributed by atoms with Crippen LogP contribution in [0, 0.1) is 0 Å². The summed E-state index contributed by atoms with van der Waals surface area (Å²) in [5.41, 5.74) is 5.12. The van der Waals surface area contributed by atoms with E-state index in [-0.39, 0.29) is 24.4 Å². The van der Waals surface area contributed by atoms with Crippen molar-refractivity contribution in [2.24, 2.45) is 5.73 Å². The highest BCUT2D eigenvalue weighted by Crippen LogP contribution is 2.15. The quantitative estimate of drug-likeness (QED) is 0.767. The van der Waals surface area contributed by atoms with Crippen molar-refractivity contribution < 1.29 is 13.2 Å². The van der Waals surface area contributed by atoms with Crippen LogP contribution in [0.2, 0.25) is 0 Å². The molecule has 3 N–H and O–H groups in total. The third-order valence-electron chi connectivity index (χ3n) is 3.55. The molecule has 1 amide bonds. The van der Waals surface area contributed by atoms with Gasteiger partial charge in [-0.3, -0.25) is 4.79 Å². The monoisotopic (exact) mass is 327 g/mol. The Morgan fingerprint density at radius 3 is 2.30 bits per heavy atom. The van der Waals surface area contributed by atoms with Gasteiger partial charge in [-0.15, -0.1) is 12.4 Å². The van der Waals surface area contributed by atoms with Crippen LogP contribution in [0.1, 0.15) is 39.5 Å². The van der Waals surface area contributed by atoms with Gasteiger partial charge in [0.15, 0.2) is 0 Å². The predicted molar refractivity (Wildman–Crippen MR) is 82.3 cm³/mol. The highest BCUT2D eigenvalue weighted by molar-refractivity contribution is 7.88. The molecule has 8 heteroatoms. The van der Waals surface area contributed by atoms with Crippen molar-refractivity contribution in [2.45, 2.75) is 51.1 Å². The summed E-state index contributed by atoms with van der Waals surface area (Å²) < 4.78 is 24.2. The summed E-state index contributed by atoms with van der Waals surface area (Å²) in [6, 6.07) is 0.0187. The number of nitrogens with zero attached hydrogens (tertiary/aromatic N) is 1. The molecule has 1 rings (SSSR count). The van der Waals surface area contributed by atoms with E-state index >= 15 is 0 Å². The van der Waals surface area contributed by atoms with Crippen molar-refractivity contribution in [1.29, 1.82) is 0 Å². The van der Waals surface area contributed by atoms with Gasteiger partial charge in [0.25, 0.3) is 0 Å². The summed E-state index contributed by atoms with van der Waals surface area (Å²) in [5, 5.41) is 2.93. The van der Waals surface area contributed by atoms with E-state index in [4.69, 9.17) is 5.73 Å². The molecule has 0 bridgehead atoms. The Balaban J connectivity index is 0.00000361. The van der Waals surface area contributed by atoms with Crippen molar-refractivity contribution >= 4 is 28.3 Å². The van der Waals surface area contributed by atoms with Crippen molar-refractivity contribution in [3.63, 3.8) is 0 Å². The fourth-order valence-electron chi connectivity index (χ4n) is 2.31. The maximum Gasteiger partial charge on any atom is 0.240 e. The first-order valence-electron chi connectivity index (χ1n) is 6.72. The molecule has 0 aromatic carbocycles. The topological polar surface area (TPSA) is 92.5 Å². The van der Waals surface area contributed by atoms with E-state index in [9.17, 15) is 13.2 Å². The van der Waals surface area contributed by atoms with E-state index in [1.807, 2.05) is 6.92 Å². The molecule has 1 aliphatic rings. The van der Waals surface area contributed by atoms with Gasteiger partial charge >= 0.3 is 0 Å². The molecule has 1 heterocycles. The number of nitrogens with one attached hydrogen (secondary N) is 1. The fraction of sp³-hybridized carbons (Fsp3) is 0.917. The summed E-state index contributed by atoms with van der Waals surface area (Å²) in [6.07, 6.45) is 3.99. The number of piperidine rings is 1. The molecule has 120 valence electrons. The average molecular weight is 328 g/mol. The van der Waals surface area contributed by atoms with Gasteiger partial charge in [-0.1, -0.05) is 13.3 Å². The van der Waals surface area contributed by atoms with Crippen LogP contribution in [-0.2, 0) is 14.8 Å². The summed E-state index contributed by atoms with van der Waals surface area (Å²) in [5.74, 6) is -0.146. The number of hydrogen-bond donors (Lipinski definition) is 2. The molecule has 1 saturated heterocycles. The molecule has 6 nitrogen and oxygen atoms in total. The second-order valence-electron chi connectivity index (χ2n) is 5.58. The first-order valence-corrected chi connectivity index (χ1v) is 8.56. The number of carbonyl (C=O) groups is 1. The van der Waals surface area contributed by atoms with E-state index < -0.39 is 15.6 Å². The van der Waals surface area contributed by atoms with Gasteiger partial charge in [0.1, 0.15) is 0 Å². The number of sulfonamides is 1. The summed E-state index contributed by atoms with van der Waals surface area (Å²) in [4.78, 5) is 12.0. The van der Waals surface area contributed by atoms with E-state index in [2.05, 4.69) is 5.32 Å². The first kappa shape index (κ1) is 19.6. The molecule has 0 spiro atoms. The zero-order chi connectivity index (χ0) is 14.7. The van der Waals surface area contributed by atoms with Gasteiger partial charge in [0.2, 0.25) is 15.9 Å². The van der Waals surface area contributed by atoms with Crippen LogP contribution in [0.25, 0.3) is 0 Å². The van der Waals surface area contributed by atoms with E-state index in [1.165, 1.54) is 10.6 Å². The highest BCUT2D eigenvalue weighted by atomic mass is 35.5. The van der Waals surface area contributed by atoms with E-state index in [0.29, 0.717) is 32.4 Å². The van der Waals surface area contributed by atoms with Gasteiger partial charge in [0.05, 0.1) is 11.8 Å². The molecule has 1 unspecified atom stereocenters. The standard InChI is InChI=1S/C12H25N3O3S.ClH/c1-4-7-12(2,13)11(16)14-10-5-8-15(9-6-10)19(3,17)18;/h10H,4-9,13H2,1-3H3,(H,14,16);1H. The number of carbonyl (C=O) groups excluding carboxylic acids is 1. The number of nitrogens with two attached hydrogens (primary N) is 1. The number of amides is 1. The molecule has 1 atom stereocenters. The smallest absolute Gasteiger partial charge is 0.240 e. The van der Waals surface area contributed by atoms with Gasteiger partial charge < -0.3 is 11.1 Å². The molecule has 0 saturated carbocycles. The van der Waals surface area contributed by atoms with Gasteiger partial charge in [-0.25, -0.2) is 12.7 Å². The van der Waals surface area contributed by atoms with Gasteiger partial charge in [0, 0.05) is 19.1 Å². The van der Waals surface area contributed by atoms with E-state index in [0.717, 1.165) is 6.42 Å². The predicted octanol–water partition coefficient (Wildman–Crippen LogP) is 0.466. The maximum atomic E-state index is 12.0. The molecule has 0 aromatic rings. The lowest BCUT2D eigenvalue weighted by molar-refractivity contribution is -0.127. The minimum Gasteiger partial charge on any atom is -0.352 e. The lowest BCUT2D eigenvalue weighted by Gasteiger charge is -2.33. The molecule has 0 radical (unpaired) electrons. The fourth-order valence-corrected chi connectivity index (χ4v) is 3.19. The van der Waals surface area contributed by atoms with Crippen LogP contribution in [-0.4, -0.2) is 49.6 Å².